The Labute approximate surface area is 459 Å². The predicted octanol–water partition coefficient (Wildman–Crippen LogP) is 15.1. The summed E-state index contributed by atoms with van der Waals surface area (Å²) in [5.41, 5.74) is -17.6. The number of ether oxygens (including phenoxy) is 2. The second-order valence-electron chi connectivity index (χ2n) is 14.5. The molecule has 5 rings (SSSR count). The van der Waals surface area contributed by atoms with E-state index in [4.69, 9.17) is 22.4 Å². The van der Waals surface area contributed by atoms with Gasteiger partial charge in [0, 0.05) is 38.3 Å². The number of hydrogen-bond donors (Lipinski definition) is 3. The Morgan fingerprint density at radius 1 is 0.549 bits per heavy atom. The molecule has 0 aliphatic rings. The summed E-state index contributed by atoms with van der Waals surface area (Å²) in [4.78, 5) is 61.3. The van der Waals surface area contributed by atoms with Crippen molar-refractivity contribution in [1.29, 1.82) is 0 Å². The number of halogens is 24. The fraction of sp³-hybridized carbons (Fsp3) is 0.195. The van der Waals surface area contributed by atoms with Gasteiger partial charge >= 0.3 is 72.3 Å². The van der Waals surface area contributed by atoms with Gasteiger partial charge in [0.15, 0.2) is 11.5 Å². The molecule has 1 amide bonds. The van der Waals surface area contributed by atoms with Crippen LogP contribution >= 0.6 is 43.5 Å². The first-order valence-electron chi connectivity index (χ1n) is 19.7. The Kier molecular flexibility index (Phi) is 22.9. The average Bonchev–Trinajstić information content (AvgIpc) is 3.31. The van der Waals surface area contributed by atoms with E-state index in [0.29, 0.717) is 12.1 Å². The van der Waals surface area contributed by atoms with Crippen LogP contribution in [0, 0.1) is 47.8 Å². The maximum atomic E-state index is 14.4. The Morgan fingerprint density at radius 3 is 1.21 bits per heavy atom. The SMILES string of the molecule is Nc1c(Br)cc(C(F)(C(F)(F)F)C(F)(F)F)cc1OC(F)F.O=C(Cl)c1cccc([N+](=O)[O-])c1F.O=C(Nc1c(Br)cc(C(F)(C(F)(F)F)C(F)(F)F)cc1OC(F)F)c1cccc([N+](=O)[O-])c1F.O=C(O)c1cccc([N+](=O)[O-])c1F. The quantitative estimate of drug-likeness (QED) is 0.0326. The number of benzene rings is 5. The van der Waals surface area contributed by atoms with E-state index in [1.54, 1.807) is 5.32 Å². The lowest BCUT2D eigenvalue weighted by atomic mass is 9.93. The maximum absolute atomic E-state index is 14.4. The topological polar surface area (TPSA) is 257 Å². The number of carboxylic acids is 1. The lowest BCUT2D eigenvalue weighted by molar-refractivity contribution is -0.387. The summed E-state index contributed by atoms with van der Waals surface area (Å²) in [6, 6.07) is 7.86. The molecular formula is C41H19Br2ClF21N5O12. The van der Waals surface area contributed by atoms with E-state index in [1.807, 2.05) is 0 Å². The van der Waals surface area contributed by atoms with Crippen molar-refractivity contribution in [2.45, 2.75) is 49.3 Å². The summed E-state index contributed by atoms with van der Waals surface area (Å²) >= 11 is 9.87. The van der Waals surface area contributed by atoms with Crippen molar-refractivity contribution < 1.29 is 136 Å². The number of nitro benzene ring substituents is 3. The number of amides is 1. The second-order valence-corrected chi connectivity index (χ2v) is 16.5. The minimum Gasteiger partial charge on any atom is -0.478 e. The molecule has 0 aliphatic carbocycles. The normalized spacial score (nSPS) is 11.9. The van der Waals surface area contributed by atoms with E-state index in [9.17, 15) is 137 Å². The lowest BCUT2D eigenvalue weighted by Crippen LogP contribution is -2.50. The molecule has 82 heavy (non-hydrogen) atoms. The van der Waals surface area contributed by atoms with E-state index in [2.05, 4.69) is 41.3 Å². The summed E-state index contributed by atoms with van der Waals surface area (Å²) in [6.07, 6.45) is -26.0. The fourth-order valence-electron chi connectivity index (χ4n) is 5.71. The largest absolute Gasteiger partial charge is 0.478 e. The van der Waals surface area contributed by atoms with Gasteiger partial charge in [-0.1, -0.05) is 18.2 Å². The van der Waals surface area contributed by atoms with Gasteiger partial charge in [-0.2, -0.15) is 83.4 Å². The van der Waals surface area contributed by atoms with Gasteiger partial charge in [-0.05, 0) is 85.9 Å². The Balaban J connectivity index is 0.000000407. The molecule has 448 valence electrons. The van der Waals surface area contributed by atoms with Crippen LogP contribution in [0.2, 0.25) is 0 Å². The van der Waals surface area contributed by atoms with E-state index >= 15 is 0 Å². The molecule has 0 atom stereocenters. The monoisotopic (exact) mass is 1360 g/mol. The maximum Gasteiger partial charge on any atom is 0.435 e. The first-order chi connectivity index (χ1) is 37.2. The highest BCUT2D eigenvalue weighted by Gasteiger charge is 2.75. The van der Waals surface area contributed by atoms with Gasteiger partial charge in [-0.3, -0.25) is 39.9 Å². The first-order valence-corrected chi connectivity index (χ1v) is 21.7. The molecule has 5 aromatic carbocycles. The number of hydrogen-bond acceptors (Lipinski definition) is 12. The standard InChI is InChI=1S/C17H7BrF10N2O4.C10H5BrF9NO.C7H3ClFNO3.C7H4FNO4/c18-8-4-6(15(22,16(23,24)25)17(26,27)28)5-10(34-14(20)21)12(8)29-13(31)7-2-1-3-9(11(7)19)30(32)33;11-4-1-3(2-5(6(4)21)22-7(12)13)8(14,9(15,16)17)10(18,19)20;8-7(11)4-2-1-3-5(6(4)9)10(12)13;8-6-4(7(10)11)2-1-3-5(6)9(12)13/h1-5,14H,(H,29,31);1-2,7H,21H2;1-3H;1-3H,(H,10,11). The van der Waals surface area contributed by atoms with Crippen LogP contribution < -0.4 is 20.5 Å². The molecule has 0 spiro atoms. The molecule has 4 N–H and O–H groups in total. The van der Waals surface area contributed by atoms with E-state index in [-0.39, 0.29) is 24.3 Å². The Bertz CT molecular complexity index is 3080. The molecule has 17 nitrogen and oxygen atoms in total. The number of carbonyl (C=O) groups is 3. The molecule has 0 aromatic heterocycles. The number of alkyl halides is 18. The summed E-state index contributed by atoms with van der Waals surface area (Å²) in [6.45, 7) is -7.46. The third-order valence-corrected chi connectivity index (χ3v) is 10.9. The zero-order valence-electron chi connectivity index (χ0n) is 38.1. The molecular weight excluding hydrogens is 1350 g/mol. The van der Waals surface area contributed by atoms with Crippen molar-refractivity contribution >= 4 is 89.0 Å². The van der Waals surface area contributed by atoms with Gasteiger partial charge < -0.3 is 25.6 Å². The van der Waals surface area contributed by atoms with Crippen molar-refractivity contribution in [3.8, 4) is 11.5 Å². The van der Waals surface area contributed by atoms with Crippen molar-refractivity contribution in [3.63, 3.8) is 0 Å². The molecule has 0 unspecified atom stereocenters. The smallest absolute Gasteiger partial charge is 0.435 e. The van der Waals surface area contributed by atoms with Crippen molar-refractivity contribution in [2.75, 3.05) is 11.1 Å². The molecule has 0 saturated carbocycles. The highest BCUT2D eigenvalue weighted by atomic mass is 79.9. The summed E-state index contributed by atoms with van der Waals surface area (Å²) in [7, 11) is 0. The molecule has 0 bridgehead atoms. The fourth-order valence-corrected chi connectivity index (χ4v) is 6.84. The highest BCUT2D eigenvalue weighted by Crippen LogP contribution is 2.56. The number of aromatic carboxylic acids is 1. The zero-order valence-corrected chi connectivity index (χ0v) is 42.0. The van der Waals surface area contributed by atoms with Crippen LogP contribution in [0.4, 0.5) is 121 Å². The molecule has 0 radical (unpaired) electrons. The number of nitrogen functional groups attached to an aromatic ring is 1. The summed E-state index contributed by atoms with van der Waals surface area (Å²) in [5.74, 6) is -10.1. The van der Waals surface area contributed by atoms with Gasteiger partial charge in [0.2, 0.25) is 17.5 Å². The zero-order chi connectivity index (χ0) is 63.7. The number of anilines is 2. The van der Waals surface area contributed by atoms with Crippen LogP contribution in [0.5, 0.6) is 11.5 Å². The number of nitrogens with one attached hydrogen (secondary N) is 1. The number of carboxylic acid groups (broad SMARTS) is 1. The number of rotatable bonds is 13. The summed E-state index contributed by atoms with van der Waals surface area (Å²) in [5, 5.41) is 40.2. The number of nitrogens with two attached hydrogens (primary N) is 1. The van der Waals surface area contributed by atoms with Crippen LogP contribution in [-0.2, 0) is 11.3 Å². The van der Waals surface area contributed by atoms with Gasteiger partial charge in [-0.25, -0.2) is 13.6 Å². The predicted molar refractivity (Wildman–Crippen MR) is 240 cm³/mol. The third kappa shape index (κ3) is 16.2. The Hall–Kier alpha value is -7.91. The van der Waals surface area contributed by atoms with Gasteiger partial charge in [0.1, 0.15) is 5.56 Å². The minimum atomic E-state index is -6.59. The van der Waals surface area contributed by atoms with Crippen LogP contribution in [0.1, 0.15) is 42.2 Å². The molecule has 5 aromatic rings. The third-order valence-electron chi connectivity index (χ3n) is 9.39. The van der Waals surface area contributed by atoms with Crippen LogP contribution in [0.15, 0.2) is 87.8 Å². The van der Waals surface area contributed by atoms with E-state index in [0.717, 1.165) is 36.4 Å². The average molecular weight is 1370 g/mol. The molecule has 0 saturated heterocycles. The molecule has 0 heterocycles. The molecule has 0 fully saturated rings. The molecule has 0 aliphatic heterocycles. The van der Waals surface area contributed by atoms with Crippen molar-refractivity contribution in [3.05, 3.63) is 163 Å². The lowest BCUT2D eigenvalue weighted by Gasteiger charge is -2.31. The van der Waals surface area contributed by atoms with Crippen LogP contribution in [0.3, 0.4) is 0 Å². The first kappa shape index (κ1) is 70.2. The Morgan fingerprint density at radius 2 is 0.866 bits per heavy atom. The number of nitro groups is 3. The van der Waals surface area contributed by atoms with Gasteiger partial charge in [0.25, 0.3) is 11.1 Å². The minimum absolute atomic E-state index is 0.0919. The van der Waals surface area contributed by atoms with E-state index in [1.165, 1.54) is 6.07 Å². The van der Waals surface area contributed by atoms with Crippen molar-refractivity contribution in [1.82, 2.24) is 0 Å². The summed E-state index contributed by atoms with van der Waals surface area (Å²) < 4.78 is 278. The van der Waals surface area contributed by atoms with Crippen LogP contribution in [-0.4, -0.2) is 74.9 Å². The van der Waals surface area contributed by atoms with Crippen LogP contribution in [0.25, 0.3) is 0 Å². The molecule has 41 heteroatoms. The van der Waals surface area contributed by atoms with Crippen molar-refractivity contribution in [2.24, 2.45) is 0 Å². The van der Waals surface area contributed by atoms with Gasteiger partial charge in [0.05, 0.1) is 37.3 Å². The highest BCUT2D eigenvalue weighted by molar-refractivity contribution is 9.11. The number of carbonyl (C=O) groups excluding carboxylic acids is 2. The number of nitrogens with zero attached hydrogens (tertiary/aromatic N) is 3. The van der Waals surface area contributed by atoms with E-state index < -0.39 is 175 Å². The second kappa shape index (κ2) is 26.8. The van der Waals surface area contributed by atoms with Gasteiger partial charge in [-0.15, -0.1) is 0 Å².